The number of nitrogens with one attached hydrogen (secondary N) is 1. The normalized spacial score (nSPS) is 20.2. The quantitative estimate of drug-likeness (QED) is 0.777. The summed E-state index contributed by atoms with van der Waals surface area (Å²) in [5, 5.41) is 4.65. The lowest BCUT2D eigenvalue weighted by Gasteiger charge is -2.27. The van der Waals surface area contributed by atoms with Crippen LogP contribution in [-0.4, -0.2) is 31.1 Å². The van der Waals surface area contributed by atoms with Crippen LogP contribution in [0, 0.1) is 11.8 Å². The van der Waals surface area contributed by atoms with Gasteiger partial charge in [0.15, 0.2) is 0 Å². The Morgan fingerprint density at radius 3 is 2.48 bits per heavy atom. The van der Waals surface area contributed by atoms with E-state index in [9.17, 15) is 0 Å². The van der Waals surface area contributed by atoms with E-state index >= 15 is 0 Å². The van der Waals surface area contributed by atoms with Gasteiger partial charge in [0, 0.05) is 30.2 Å². The van der Waals surface area contributed by atoms with Crippen molar-refractivity contribution in [2.75, 3.05) is 20.1 Å². The third kappa shape index (κ3) is 4.21. The summed E-state index contributed by atoms with van der Waals surface area (Å²) in [6, 6.07) is 9.43. The molecule has 0 radical (unpaired) electrons. The standard InChI is InChI=1S/C18H27ClN2/c1-13(16-4-3-5-17(19)12-16)21(2)11-10-20-18(14-6-7-14)15-8-9-15/h3-5,12-15,18,20H,6-11H2,1-2H3. The van der Waals surface area contributed by atoms with Gasteiger partial charge in [-0.3, -0.25) is 4.90 Å². The topological polar surface area (TPSA) is 15.3 Å². The summed E-state index contributed by atoms with van der Waals surface area (Å²) in [4.78, 5) is 2.41. The number of likely N-dealkylation sites (N-methyl/N-ethyl adjacent to an activating group) is 1. The van der Waals surface area contributed by atoms with E-state index < -0.39 is 0 Å². The lowest BCUT2D eigenvalue weighted by molar-refractivity contribution is 0.252. The molecule has 0 heterocycles. The third-order valence-electron chi connectivity index (χ3n) is 5.10. The van der Waals surface area contributed by atoms with Gasteiger partial charge in [-0.15, -0.1) is 0 Å². The van der Waals surface area contributed by atoms with E-state index in [0.717, 1.165) is 36.0 Å². The molecule has 21 heavy (non-hydrogen) atoms. The maximum absolute atomic E-state index is 6.09. The molecule has 2 fully saturated rings. The van der Waals surface area contributed by atoms with Crippen LogP contribution >= 0.6 is 11.6 Å². The number of nitrogens with zero attached hydrogens (tertiary/aromatic N) is 1. The number of halogens is 1. The largest absolute Gasteiger partial charge is 0.312 e. The van der Waals surface area contributed by atoms with Crippen LogP contribution < -0.4 is 5.32 Å². The first-order valence-electron chi connectivity index (χ1n) is 8.34. The monoisotopic (exact) mass is 306 g/mol. The van der Waals surface area contributed by atoms with Crippen molar-refractivity contribution < 1.29 is 0 Å². The van der Waals surface area contributed by atoms with Gasteiger partial charge in [-0.1, -0.05) is 23.7 Å². The Labute approximate surface area is 133 Å². The molecule has 0 aliphatic heterocycles. The molecule has 0 bridgehead atoms. The molecular weight excluding hydrogens is 280 g/mol. The lowest BCUT2D eigenvalue weighted by Crippen LogP contribution is -2.39. The fraction of sp³-hybridized carbons (Fsp3) is 0.667. The SMILES string of the molecule is CC(c1cccc(Cl)c1)N(C)CCNC(C1CC1)C1CC1. The van der Waals surface area contributed by atoms with Crippen LogP contribution in [0.15, 0.2) is 24.3 Å². The Hall–Kier alpha value is -0.570. The second kappa shape index (κ2) is 6.68. The molecular formula is C18H27ClN2. The smallest absolute Gasteiger partial charge is 0.0409 e. The number of benzene rings is 1. The highest BCUT2D eigenvalue weighted by atomic mass is 35.5. The molecule has 1 atom stereocenters. The molecule has 1 N–H and O–H groups in total. The Kier molecular flexibility index (Phi) is 4.88. The van der Waals surface area contributed by atoms with Gasteiger partial charge in [-0.2, -0.15) is 0 Å². The highest BCUT2D eigenvalue weighted by Gasteiger charge is 2.40. The number of rotatable bonds is 8. The van der Waals surface area contributed by atoms with Crippen LogP contribution in [-0.2, 0) is 0 Å². The minimum Gasteiger partial charge on any atom is -0.312 e. The van der Waals surface area contributed by atoms with E-state index in [4.69, 9.17) is 11.6 Å². The van der Waals surface area contributed by atoms with Gasteiger partial charge in [-0.05, 0) is 69.2 Å². The fourth-order valence-corrected chi connectivity index (χ4v) is 3.45. The maximum Gasteiger partial charge on any atom is 0.0409 e. The van der Waals surface area contributed by atoms with Crippen LogP contribution in [0.3, 0.4) is 0 Å². The average molecular weight is 307 g/mol. The van der Waals surface area contributed by atoms with Crippen molar-refractivity contribution in [2.24, 2.45) is 11.8 Å². The van der Waals surface area contributed by atoms with Crippen molar-refractivity contribution in [3.05, 3.63) is 34.9 Å². The maximum atomic E-state index is 6.09. The van der Waals surface area contributed by atoms with Gasteiger partial charge in [0.05, 0.1) is 0 Å². The summed E-state index contributed by atoms with van der Waals surface area (Å²) < 4.78 is 0. The summed E-state index contributed by atoms with van der Waals surface area (Å²) in [6.07, 6.45) is 5.79. The van der Waals surface area contributed by atoms with Crippen molar-refractivity contribution in [3.63, 3.8) is 0 Å². The van der Waals surface area contributed by atoms with Crippen molar-refractivity contribution in [2.45, 2.75) is 44.7 Å². The van der Waals surface area contributed by atoms with E-state index in [2.05, 4.69) is 36.3 Å². The molecule has 0 spiro atoms. The van der Waals surface area contributed by atoms with Crippen molar-refractivity contribution in [1.29, 1.82) is 0 Å². The highest BCUT2D eigenvalue weighted by Crippen LogP contribution is 2.44. The highest BCUT2D eigenvalue weighted by molar-refractivity contribution is 6.30. The molecule has 116 valence electrons. The van der Waals surface area contributed by atoms with E-state index in [-0.39, 0.29) is 0 Å². The zero-order chi connectivity index (χ0) is 14.8. The first kappa shape index (κ1) is 15.3. The molecule has 0 amide bonds. The molecule has 2 nitrogen and oxygen atoms in total. The first-order valence-corrected chi connectivity index (χ1v) is 8.72. The molecule has 0 aromatic heterocycles. The predicted molar refractivity (Wildman–Crippen MR) is 89.7 cm³/mol. The van der Waals surface area contributed by atoms with E-state index in [1.54, 1.807) is 0 Å². The van der Waals surface area contributed by atoms with E-state index in [0.29, 0.717) is 6.04 Å². The summed E-state index contributed by atoms with van der Waals surface area (Å²) in [7, 11) is 2.20. The van der Waals surface area contributed by atoms with Gasteiger partial charge >= 0.3 is 0 Å². The second-order valence-corrected chi connectivity index (χ2v) is 7.30. The summed E-state index contributed by atoms with van der Waals surface area (Å²) >= 11 is 6.09. The fourth-order valence-electron chi connectivity index (χ4n) is 3.25. The minimum absolute atomic E-state index is 0.408. The van der Waals surface area contributed by atoms with Gasteiger partial charge in [0.25, 0.3) is 0 Å². The number of hydrogen-bond acceptors (Lipinski definition) is 2. The van der Waals surface area contributed by atoms with Crippen LogP contribution in [0.4, 0.5) is 0 Å². The molecule has 2 saturated carbocycles. The summed E-state index contributed by atoms with van der Waals surface area (Å²) in [5.74, 6) is 1.96. The second-order valence-electron chi connectivity index (χ2n) is 6.87. The molecule has 1 aromatic carbocycles. The molecule has 1 unspecified atom stereocenters. The lowest BCUT2D eigenvalue weighted by atomic mass is 10.1. The van der Waals surface area contributed by atoms with Crippen LogP contribution in [0.5, 0.6) is 0 Å². The average Bonchev–Trinajstić information content (AvgIpc) is 3.36. The minimum atomic E-state index is 0.408. The Balaban J connectivity index is 1.45. The van der Waals surface area contributed by atoms with E-state index in [1.807, 2.05) is 12.1 Å². The third-order valence-corrected chi connectivity index (χ3v) is 5.33. The zero-order valence-corrected chi connectivity index (χ0v) is 13.9. The van der Waals surface area contributed by atoms with Gasteiger partial charge < -0.3 is 5.32 Å². The molecule has 1 aromatic rings. The van der Waals surface area contributed by atoms with Crippen LogP contribution in [0.2, 0.25) is 5.02 Å². The van der Waals surface area contributed by atoms with Crippen molar-refractivity contribution in [1.82, 2.24) is 10.2 Å². The van der Waals surface area contributed by atoms with Crippen LogP contribution in [0.25, 0.3) is 0 Å². The number of hydrogen-bond donors (Lipinski definition) is 1. The predicted octanol–water partition coefficient (Wildman–Crippen LogP) is 4.11. The Morgan fingerprint density at radius 2 is 1.90 bits per heavy atom. The molecule has 2 aliphatic rings. The Bertz CT molecular complexity index is 456. The van der Waals surface area contributed by atoms with Crippen molar-refractivity contribution in [3.8, 4) is 0 Å². The van der Waals surface area contributed by atoms with Gasteiger partial charge in [-0.25, -0.2) is 0 Å². The molecule has 2 aliphatic carbocycles. The first-order chi connectivity index (χ1) is 10.1. The van der Waals surface area contributed by atoms with Crippen molar-refractivity contribution >= 4 is 11.6 Å². The van der Waals surface area contributed by atoms with Gasteiger partial charge in [0.2, 0.25) is 0 Å². The molecule has 0 saturated heterocycles. The molecule has 3 heteroatoms. The zero-order valence-electron chi connectivity index (χ0n) is 13.2. The summed E-state index contributed by atoms with van der Waals surface area (Å²) in [5.41, 5.74) is 1.30. The Morgan fingerprint density at radius 1 is 1.24 bits per heavy atom. The van der Waals surface area contributed by atoms with Crippen LogP contribution in [0.1, 0.15) is 44.2 Å². The van der Waals surface area contributed by atoms with Gasteiger partial charge in [0.1, 0.15) is 0 Å². The summed E-state index contributed by atoms with van der Waals surface area (Å²) in [6.45, 7) is 4.44. The molecule has 3 rings (SSSR count). The van der Waals surface area contributed by atoms with E-state index in [1.165, 1.54) is 31.2 Å².